The Hall–Kier alpha value is -1.91. The number of hydrogen-bond acceptors (Lipinski definition) is 2. The summed E-state index contributed by atoms with van der Waals surface area (Å²) in [6, 6.07) is 5.34. The largest absolute Gasteiger partial charge is 0.344 e. The van der Waals surface area contributed by atoms with Gasteiger partial charge in [-0.3, -0.25) is 9.59 Å². The van der Waals surface area contributed by atoms with E-state index in [1.54, 1.807) is 17.0 Å². The maximum Gasteiger partial charge on any atom is 0.249 e. The van der Waals surface area contributed by atoms with E-state index in [1.807, 2.05) is 6.92 Å². The smallest absolute Gasteiger partial charge is 0.249 e. The van der Waals surface area contributed by atoms with Gasteiger partial charge < -0.3 is 10.2 Å². The lowest BCUT2D eigenvalue weighted by molar-refractivity contribution is -0.126. The molecular formula is C14H17FN2O2. The molecule has 1 aliphatic heterocycles. The zero-order valence-corrected chi connectivity index (χ0v) is 10.9. The van der Waals surface area contributed by atoms with E-state index in [2.05, 4.69) is 5.32 Å². The highest BCUT2D eigenvalue weighted by molar-refractivity contribution is 6.01. The molecule has 1 aliphatic rings. The summed E-state index contributed by atoms with van der Waals surface area (Å²) in [6.07, 6.45) is 1.78. The standard InChI is InChI=1S/C14H17FN2O2/c1-2-3-13(18)16-12-8-9-17(14(12)19)11-6-4-10(15)5-7-11/h4-7,12H,2-3,8-9H2,1H3,(H,16,18)/t12-/m1/s1. The first-order valence-corrected chi connectivity index (χ1v) is 6.48. The fraction of sp³-hybridized carbons (Fsp3) is 0.429. The molecule has 0 spiro atoms. The van der Waals surface area contributed by atoms with Gasteiger partial charge in [-0.1, -0.05) is 6.92 Å². The van der Waals surface area contributed by atoms with Crippen molar-refractivity contribution in [2.45, 2.75) is 32.2 Å². The van der Waals surface area contributed by atoms with Crippen molar-refractivity contribution in [3.8, 4) is 0 Å². The van der Waals surface area contributed by atoms with Crippen molar-refractivity contribution in [3.63, 3.8) is 0 Å². The lowest BCUT2D eigenvalue weighted by Gasteiger charge is -2.17. The molecule has 1 N–H and O–H groups in total. The molecule has 0 saturated carbocycles. The van der Waals surface area contributed by atoms with Gasteiger partial charge in [-0.25, -0.2) is 4.39 Å². The molecule has 0 aliphatic carbocycles. The quantitative estimate of drug-likeness (QED) is 0.902. The number of carbonyl (C=O) groups excluding carboxylic acids is 2. The van der Waals surface area contributed by atoms with Gasteiger partial charge in [0.2, 0.25) is 11.8 Å². The average Bonchev–Trinajstić information content (AvgIpc) is 2.73. The van der Waals surface area contributed by atoms with Crippen molar-refractivity contribution in [1.29, 1.82) is 0 Å². The second kappa shape index (κ2) is 5.82. The van der Waals surface area contributed by atoms with Crippen LogP contribution >= 0.6 is 0 Å². The highest BCUT2D eigenvalue weighted by Gasteiger charge is 2.33. The van der Waals surface area contributed by atoms with Gasteiger partial charge >= 0.3 is 0 Å². The lowest BCUT2D eigenvalue weighted by Crippen LogP contribution is -2.41. The van der Waals surface area contributed by atoms with Gasteiger partial charge in [-0.15, -0.1) is 0 Å². The lowest BCUT2D eigenvalue weighted by atomic mass is 10.2. The Balaban J connectivity index is 2.01. The summed E-state index contributed by atoms with van der Waals surface area (Å²) in [5.74, 6) is -0.555. The number of amides is 2. The minimum atomic E-state index is -0.455. The van der Waals surface area contributed by atoms with E-state index in [0.29, 0.717) is 25.1 Å². The summed E-state index contributed by atoms with van der Waals surface area (Å²) in [4.78, 5) is 25.2. The van der Waals surface area contributed by atoms with Gasteiger partial charge in [0.25, 0.3) is 0 Å². The Bertz CT molecular complexity index is 473. The topological polar surface area (TPSA) is 49.4 Å². The van der Waals surface area contributed by atoms with Crippen molar-refractivity contribution in [2.75, 3.05) is 11.4 Å². The molecule has 0 bridgehead atoms. The first kappa shape index (κ1) is 13.5. The number of rotatable bonds is 4. The van der Waals surface area contributed by atoms with Crippen LogP contribution in [0.4, 0.5) is 10.1 Å². The number of anilines is 1. The summed E-state index contributed by atoms with van der Waals surface area (Å²) in [5, 5.41) is 2.74. The second-order valence-corrected chi connectivity index (χ2v) is 4.63. The third kappa shape index (κ3) is 3.10. The zero-order valence-electron chi connectivity index (χ0n) is 10.9. The first-order valence-electron chi connectivity index (χ1n) is 6.48. The average molecular weight is 264 g/mol. The van der Waals surface area contributed by atoms with E-state index in [-0.39, 0.29) is 17.6 Å². The molecule has 5 heteroatoms. The molecule has 19 heavy (non-hydrogen) atoms. The van der Waals surface area contributed by atoms with Gasteiger partial charge in [-0.2, -0.15) is 0 Å². The van der Waals surface area contributed by atoms with Crippen LogP contribution in [0.1, 0.15) is 26.2 Å². The molecule has 1 atom stereocenters. The molecule has 0 radical (unpaired) electrons. The van der Waals surface area contributed by atoms with E-state index >= 15 is 0 Å². The predicted molar refractivity (Wildman–Crippen MR) is 70.2 cm³/mol. The van der Waals surface area contributed by atoms with E-state index < -0.39 is 6.04 Å². The Morgan fingerprint density at radius 1 is 1.42 bits per heavy atom. The molecule has 1 aromatic rings. The molecule has 1 aromatic carbocycles. The molecule has 1 heterocycles. The summed E-state index contributed by atoms with van der Waals surface area (Å²) < 4.78 is 12.8. The van der Waals surface area contributed by atoms with E-state index in [0.717, 1.165) is 6.42 Å². The van der Waals surface area contributed by atoms with Crippen LogP contribution in [0.25, 0.3) is 0 Å². The molecule has 2 rings (SSSR count). The van der Waals surface area contributed by atoms with Gasteiger partial charge in [-0.05, 0) is 37.1 Å². The number of halogens is 1. The van der Waals surface area contributed by atoms with Crippen molar-refractivity contribution < 1.29 is 14.0 Å². The SMILES string of the molecule is CCCC(=O)N[C@@H]1CCN(c2ccc(F)cc2)C1=O. The minimum Gasteiger partial charge on any atom is -0.344 e. The predicted octanol–water partition coefficient (Wildman–Crippen LogP) is 1.85. The van der Waals surface area contributed by atoms with Gasteiger partial charge in [0.05, 0.1) is 0 Å². The van der Waals surface area contributed by atoms with Crippen LogP contribution in [0.2, 0.25) is 0 Å². The fourth-order valence-electron chi connectivity index (χ4n) is 2.18. The summed E-state index contributed by atoms with van der Waals surface area (Å²) in [5.41, 5.74) is 0.665. The van der Waals surface area contributed by atoms with Gasteiger partial charge in [0.15, 0.2) is 0 Å². The Labute approximate surface area is 111 Å². The van der Waals surface area contributed by atoms with E-state index in [9.17, 15) is 14.0 Å². The highest BCUT2D eigenvalue weighted by atomic mass is 19.1. The number of carbonyl (C=O) groups is 2. The Kier molecular flexibility index (Phi) is 4.14. The van der Waals surface area contributed by atoms with Crippen LogP contribution in [0.3, 0.4) is 0 Å². The Morgan fingerprint density at radius 2 is 2.11 bits per heavy atom. The molecule has 1 fully saturated rings. The third-order valence-corrected chi connectivity index (χ3v) is 3.16. The van der Waals surface area contributed by atoms with Crippen molar-refractivity contribution in [3.05, 3.63) is 30.1 Å². The molecule has 4 nitrogen and oxygen atoms in total. The van der Waals surface area contributed by atoms with Gasteiger partial charge in [0, 0.05) is 18.7 Å². The number of hydrogen-bond donors (Lipinski definition) is 1. The molecule has 2 amide bonds. The molecular weight excluding hydrogens is 247 g/mol. The second-order valence-electron chi connectivity index (χ2n) is 4.63. The normalized spacial score (nSPS) is 18.7. The van der Waals surface area contributed by atoms with Crippen molar-refractivity contribution in [1.82, 2.24) is 5.32 Å². The van der Waals surface area contributed by atoms with Crippen molar-refractivity contribution >= 4 is 17.5 Å². The van der Waals surface area contributed by atoms with Crippen LogP contribution in [-0.4, -0.2) is 24.4 Å². The molecule has 0 unspecified atom stereocenters. The fourth-order valence-corrected chi connectivity index (χ4v) is 2.18. The summed E-state index contributed by atoms with van der Waals surface area (Å²) in [6.45, 7) is 2.46. The summed E-state index contributed by atoms with van der Waals surface area (Å²) in [7, 11) is 0. The van der Waals surface area contributed by atoms with Crippen LogP contribution in [0.15, 0.2) is 24.3 Å². The van der Waals surface area contributed by atoms with Crippen LogP contribution in [0, 0.1) is 5.82 Å². The van der Waals surface area contributed by atoms with Crippen molar-refractivity contribution in [2.24, 2.45) is 0 Å². The van der Waals surface area contributed by atoms with E-state index in [4.69, 9.17) is 0 Å². The maximum atomic E-state index is 12.8. The maximum absolute atomic E-state index is 12.8. The van der Waals surface area contributed by atoms with Crippen LogP contribution in [0.5, 0.6) is 0 Å². The number of nitrogens with one attached hydrogen (secondary N) is 1. The van der Waals surface area contributed by atoms with Gasteiger partial charge in [0.1, 0.15) is 11.9 Å². The monoisotopic (exact) mass is 264 g/mol. The molecule has 0 aromatic heterocycles. The number of nitrogens with zero attached hydrogens (tertiary/aromatic N) is 1. The van der Waals surface area contributed by atoms with Crippen LogP contribution in [-0.2, 0) is 9.59 Å². The first-order chi connectivity index (χ1) is 9.11. The molecule has 102 valence electrons. The van der Waals surface area contributed by atoms with E-state index in [1.165, 1.54) is 12.1 Å². The minimum absolute atomic E-state index is 0.0955. The zero-order chi connectivity index (χ0) is 13.8. The highest BCUT2D eigenvalue weighted by Crippen LogP contribution is 2.21. The third-order valence-electron chi connectivity index (χ3n) is 3.16. The molecule has 1 saturated heterocycles. The number of benzene rings is 1. The summed E-state index contributed by atoms with van der Waals surface area (Å²) >= 11 is 0. The Morgan fingerprint density at radius 3 is 2.74 bits per heavy atom. The van der Waals surface area contributed by atoms with Crippen LogP contribution < -0.4 is 10.2 Å².